The number of nitro groups is 2. The Kier molecular flexibility index (Phi) is 5.26. The van der Waals surface area contributed by atoms with E-state index in [2.05, 4.69) is 20.5 Å². The fourth-order valence-corrected chi connectivity index (χ4v) is 2.45. The van der Waals surface area contributed by atoms with Crippen molar-refractivity contribution < 1.29 is 14.3 Å². The molecule has 12 nitrogen and oxygen atoms in total. The van der Waals surface area contributed by atoms with Gasteiger partial charge in [0.05, 0.1) is 17.7 Å². The highest BCUT2D eigenvalue weighted by molar-refractivity contribution is 6.37. The first kappa shape index (κ1) is 18.3. The molecule has 0 saturated carbocycles. The van der Waals surface area contributed by atoms with Gasteiger partial charge in [0.2, 0.25) is 11.7 Å². The van der Waals surface area contributed by atoms with Gasteiger partial charge < -0.3 is 19.4 Å². The van der Waals surface area contributed by atoms with Gasteiger partial charge in [-0.3, -0.25) is 15.1 Å². The quantitative estimate of drug-likeness (QED) is 0.257. The van der Waals surface area contributed by atoms with Gasteiger partial charge in [-0.25, -0.2) is 4.98 Å². The maximum Gasteiger partial charge on any atom is 0.434 e. The third-order valence-corrected chi connectivity index (χ3v) is 3.73. The van der Waals surface area contributed by atoms with Crippen LogP contribution in [0.2, 0.25) is 5.15 Å². The monoisotopic (exact) mass is 393 g/mol. The summed E-state index contributed by atoms with van der Waals surface area (Å²) < 4.78 is 4.86. The Labute approximate surface area is 156 Å². The molecule has 0 saturated heterocycles. The van der Waals surface area contributed by atoms with Gasteiger partial charge in [-0.15, -0.1) is 0 Å². The van der Waals surface area contributed by atoms with Crippen molar-refractivity contribution in [2.24, 2.45) is 10.1 Å². The summed E-state index contributed by atoms with van der Waals surface area (Å²) in [6, 6.07) is 5.73. The molecule has 0 fully saturated rings. The lowest BCUT2D eigenvalue weighted by Crippen LogP contribution is -2.37. The number of nitrogens with zero attached hydrogens (tertiary/aromatic N) is 6. The van der Waals surface area contributed by atoms with Crippen LogP contribution in [0.1, 0.15) is 5.56 Å². The lowest BCUT2D eigenvalue weighted by atomic mass is 10.2. The van der Waals surface area contributed by atoms with E-state index in [1.54, 1.807) is 23.2 Å². The van der Waals surface area contributed by atoms with Crippen molar-refractivity contribution >= 4 is 35.0 Å². The second-order valence-corrected chi connectivity index (χ2v) is 5.70. The van der Waals surface area contributed by atoms with Crippen LogP contribution in [0.25, 0.3) is 0 Å². The molecule has 140 valence electrons. The van der Waals surface area contributed by atoms with Crippen LogP contribution in [0.3, 0.4) is 0 Å². The van der Waals surface area contributed by atoms with Crippen molar-refractivity contribution in [2.75, 3.05) is 18.5 Å². The van der Waals surface area contributed by atoms with E-state index >= 15 is 0 Å². The zero-order chi connectivity index (χ0) is 19.4. The van der Waals surface area contributed by atoms with E-state index in [1.807, 2.05) is 0 Å². The van der Waals surface area contributed by atoms with Crippen LogP contribution in [-0.2, 0) is 6.54 Å². The predicted octanol–water partition coefficient (Wildman–Crippen LogP) is 2.15. The zero-order valence-corrected chi connectivity index (χ0v) is 14.4. The Morgan fingerprint density at radius 3 is 2.78 bits per heavy atom. The standard InChI is InChI=1S/C14H12ClN7O5/c15-10-2-1-9(7-17-10)8-20-6-5-16-13(20)14(22(25)26)19-18-11-3-4-12(27-11)21(23)24/h1-4,7,18H,5-6,8H2. The molecule has 3 rings (SSSR count). The molecule has 0 aliphatic carbocycles. The molecular formula is C14H12ClN7O5. The summed E-state index contributed by atoms with van der Waals surface area (Å²) in [6.45, 7) is 1.18. The number of pyridine rings is 1. The highest BCUT2D eigenvalue weighted by Gasteiger charge is 2.31. The van der Waals surface area contributed by atoms with Gasteiger partial charge in [0, 0.05) is 25.4 Å². The van der Waals surface area contributed by atoms with E-state index in [0.717, 1.165) is 11.6 Å². The zero-order valence-electron chi connectivity index (χ0n) is 13.6. The molecule has 1 aliphatic heterocycles. The first-order valence-corrected chi connectivity index (χ1v) is 7.94. The normalized spacial score (nSPS) is 14.2. The number of amidine groups is 2. The number of anilines is 1. The number of hydrazone groups is 1. The van der Waals surface area contributed by atoms with Crippen molar-refractivity contribution in [2.45, 2.75) is 6.54 Å². The van der Waals surface area contributed by atoms with Gasteiger partial charge in [0.25, 0.3) is 0 Å². The van der Waals surface area contributed by atoms with E-state index in [1.165, 1.54) is 6.07 Å². The van der Waals surface area contributed by atoms with Crippen LogP contribution in [0.5, 0.6) is 0 Å². The Morgan fingerprint density at radius 1 is 1.33 bits per heavy atom. The van der Waals surface area contributed by atoms with Crippen molar-refractivity contribution in [1.29, 1.82) is 0 Å². The molecule has 2 aromatic heterocycles. The molecule has 0 amide bonds. The highest BCUT2D eigenvalue weighted by atomic mass is 35.5. The molecule has 0 unspecified atom stereocenters. The van der Waals surface area contributed by atoms with Crippen LogP contribution < -0.4 is 5.43 Å². The Hall–Kier alpha value is -3.54. The van der Waals surface area contributed by atoms with Crippen molar-refractivity contribution in [3.05, 3.63) is 61.4 Å². The summed E-state index contributed by atoms with van der Waals surface area (Å²) >= 11 is 5.75. The van der Waals surface area contributed by atoms with Crippen molar-refractivity contribution in [3.63, 3.8) is 0 Å². The third kappa shape index (κ3) is 4.36. The Morgan fingerprint density at radius 2 is 2.15 bits per heavy atom. The molecule has 2 aromatic rings. The van der Waals surface area contributed by atoms with Crippen LogP contribution in [0.4, 0.5) is 11.8 Å². The van der Waals surface area contributed by atoms with Gasteiger partial charge in [0.1, 0.15) is 10.1 Å². The number of hydrogen-bond donors (Lipinski definition) is 1. The molecule has 0 spiro atoms. The minimum atomic E-state index is -0.730. The van der Waals surface area contributed by atoms with Crippen LogP contribution in [0.15, 0.2) is 45.0 Å². The van der Waals surface area contributed by atoms with Gasteiger partial charge in [-0.1, -0.05) is 17.7 Å². The number of aliphatic imine (C=N–C) groups is 1. The minimum Gasteiger partial charge on any atom is -0.381 e. The molecule has 27 heavy (non-hydrogen) atoms. The Bertz CT molecular complexity index is 924. The first-order valence-electron chi connectivity index (χ1n) is 7.56. The summed E-state index contributed by atoms with van der Waals surface area (Å²) in [6.07, 6.45) is 1.57. The van der Waals surface area contributed by atoms with E-state index in [9.17, 15) is 20.2 Å². The lowest BCUT2D eigenvalue weighted by Gasteiger charge is -2.17. The number of rotatable bonds is 6. The highest BCUT2D eigenvalue weighted by Crippen LogP contribution is 2.20. The van der Waals surface area contributed by atoms with E-state index in [-0.39, 0.29) is 11.7 Å². The molecule has 0 aromatic carbocycles. The van der Waals surface area contributed by atoms with Gasteiger partial charge in [0.15, 0.2) is 0 Å². The van der Waals surface area contributed by atoms with Crippen LogP contribution in [-0.4, -0.2) is 44.5 Å². The molecule has 1 N–H and O–H groups in total. The molecule has 1 aliphatic rings. The number of furan rings is 1. The molecule has 0 radical (unpaired) electrons. The second kappa shape index (κ2) is 7.78. The maximum absolute atomic E-state index is 11.4. The summed E-state index contributed by atoms with van der Waals surface area (Å²) in [5.74, 6) is -1.06. The summed E-state index contributed by atoms with van der Waals surface area (Å²) in [7, 11) is 0. The molecule has 0 bridgehead atoms. The topological polar surface area (TPSA) is 152 Å². The van der Waals surface area contributed by atoms with E-state index in [0.29, 0.717) is 24.8 Å². The molecule has 0 atom stereocenters. The molecule has 13 heteroatoms. The van der Waals surface area contributed by atoms with Gasteiger partial charge >= 0.3 is 11.7 Å². The number of hydrogen-bond acceptors (Lipinski definition) is 10. The van der Waals surface area contributed by atoms with Crippen molar-refractivity contribution in [3.8, 4) is 0 Å². The number of nitrogens with one attached hydrogen (secondary N) is 1. The fourth-order valence-electron chi connectivity index (χ4n) is 2.34. The van der Waals surface area contributed by atoms with Crippen LogP contribution >= 0.6 is 11.6 Å². The van der Waals surface area contributed by atoms with Crippen LogP contribution in [0, 0.1) is 20.2 Å². The van der Waals surface area contributed by atoms with Gasteiger partial charge in [-0.2, -0.15) is 5.43 Å². The smallest absolute Gasteiger partial charge is 0.381 e. The maximum atomic E-state index is 11.4. The fraction of sp³-hybridized carbons (Fsp3) is 0.214. The third-order valence-electron chi connectivity index (χ3n) is 3.51. The summed E-state index contributed by atoms with van der Waals surface area (Å²) in [4.78, 5) is 30.4. The predicted molar refractivity (Wildman–Crippen MR) is 95.4 cm³/mol. The van der Waals surface area contributed by atoms with Crippen molar-refractivity contribution in [1.82, 2.24) is 9.88 Å². The lowest BCUT2D eigenvalue weighted by molar-refractivity contribution is -0.401. The largest absolute Gasteiger partial charge is 0.434 e. The molecule has 3 heterocycles. The minimum absolute atomic E-state index is 0.0866. The summed E-state index contributed by atoms with van der Waals surface area (Å²) in [5, 5.41) is 26.1. The van der Waals surface area contributed by atoms with Gasteiger partial charge in [-0.05, 0) is 16.6 Å². The SMILES string of the molecule is O=[N+]([O-])C(=NNc1ccc([N+](=O)[O-])o1)C1=NCCN1Cc1ccc(Cl)nc1. The van der Waals surface area contributed by atoms with E-state index in [4.69, 9.17) is 16.0 Å². The number of halogens is 1. The van der Waals surface area contributed by atoms with E-state index < -0.39 is 21.6 Å². The second-order valence-electron chi connectivity index (χ2n) is 5.32. The first-order chi connectivity index (χ1) is 12.9. The Balaban J connectivity index is 1.77. The summed E-state index contributed by atoms with van der Waals surface area (Å²) in [5.41, 5.74) is 3.11. The average Bonchev–Trinajstić information content (AvgIpc) is 3.27. The molecular weight excluding hydrogens is 382 g/mol. The average molecular weight is 394 g/mol. The number of aromatic nitrogens is 1.